The van der Waals surface area contributed by atoms with E-state index in [1.54, 1.807) is 7.11 Å². The van der Waals surface area contributed by atoms with Gasteiger partial charge in [0.1, 0.15) is 5.75 Å². The highest BCUT2D eigenvalue weighted by Gasteiger charge is 2.44. The normalized spacial score (nSPS) is 29.5. The van der Waals surface area contributed by atoms with E-state index in [1.807, 2.05) is 0 Å². The average Bonchev–Trinajstić information content (AvgIpc) is 2.72. The number of rotatable bonds is 1. The maximum atomic E-state index is 11.7. The van der Waals surface area contributed by atoms with Crippen LogP contribution < -0.4 is 4.74 Å². The maximum absolute atomic E-state index is 11.7. The number of benzene rings is 1. The number of hydrogen-bond donors (Lipinski definition) is 0. The molecule has 1 aromatic rings. The number of ether oxygens (including phenoxy) is 2. The number of fused-ring (bicyclic) bond motifs is 2. The number of carbonyl (C=O) groups excluding carboxylic acids is 1. The summed E-state index contributed by atoms with van der Waals surface area (Å²) >= 11 is 0. The Bertz CT molecular complexity index is 507. The lowest BCUT2D eigenvalue weighted by atomic mass is 9.71. The van der Waals surface area contributed by atoms with Crippen molar-refractivity contribution in [3.8, 4) is 5.75 Å². The van der Waals surface area contributed by atoms with Crippen molar-refractivity contribution in [2.24, 2.45) is 11.8 Å². The molecule has 1 fully saturated rings. The van der Waals surface area contributed by atoms with Crippen molar-refractivity contribution >= 4 is 5.97 Å². The van der Waals surface area contributed by atoms with Gasteiger partial charge in [-0.25, -0.2) is 0 Å². The minimum Gasteiger partial charge on any atom is -0.496 e. The van der Waals surface area contributed by atoms with E-state index in [0.717, 1.165) is 17.7 Å². The van der Waals surface area contributed by atoms with Crippen LogP contribution in [0.5, 0.6) is 5.75 Å². The molecule has 3 rings (SSSR count). The summed E-state index contributed by atoms with van der Waals surface area (Å²) in [5.41, 5.74) is 3.75. The summed E-state index contributed by atoms with van der Waals surface area (Å²) in [6, 6.07) is 4.29. The summed E-state index contributed by atoms with van der Waals surface area (Å²) in [6.07, 6.45) is 0.791. The van der Waals surface area contributed by atoms with Gasteiger partial charge >= 0.3 is 5.97 Å². The van der Waals surface area contributed by atoms with E-state index in [0.29, 0.717) is 18.4 Å². The minimum atomic E-state index is -0.0305. The zero-order valence-corrected chi connectivity index (χ0v) is 11.0. The van der Waals surface area contributed by atoms with Crippen LogP contribution in [0.2, 0.25) is 0 Å². The van der Waals surface area contributed by atoms with E-state index < -0.39 is 0 Å². The Labute approximate surface area is 107 Å². The SMILES string of the molecule is COc1cc2c(cc1C)[C@H](C)[C@H]1COC(=O)[C@@H]1C2. The van der Waals surface area contributed by atoms with Gasteiger partial charge in [0.2, 0.25) is 0 Å². The van der Waals surface area contributed by atoms with Gasteiger partial charge in [-0.05, 0) is 42.0 Å². The Morgan fingerprint density at radius 2 is 2.17 bits per heavy atom. The third kappa shape index (κ3) is 1.53. The van der Waals surface area contributed by atoms with Crippen molar-refractivity contribution in [3.05, 3.63) is 28.8 Å². The van der Waals surface area contributed by atoms with Crippen LogP contribution in [0, 0.1) is 18.8 Å². The van der Waals surface area contributed by atoms with Crippen molar-refractivity contribution in [1.29, 1.82) is 0 Å². The van der Waals surface area contributed by atoms with Crippen LogP contribution in [-0.4, -0.2) is 19.7 Å². The second kappa shape index (κ2) is 4.01. The molecule has 0 amide bonds. The molecular formula is C15H18O3. The molecule has 0 unspecified atom stereocenters. The van der Waals surface area contributed by atoms with Crippen LogP contribution >= 0.6 is 0 Å². The summed E-state index contributed by atoms with van der Waals surface area (Å²) in [5.74, 6) is 1.65. The van der Waals surface area contributed by atoms with E-state index >= 15 is 0 Å². The topological polar surface area (TPSA) is 35.5 Å². The zero-order valence-electron chi connectivity index (χ0n) is 11.0. The Balaban J connectivity index is 2.07. The number of aryl methyl sites for hydroxylation is 1. The molecule has 1 heterocycles. The van der Waals surface area contributed by atoms with Crippen molar-refractivity contribution in [3.63, 3.8) is 0 Å². The second-order valence-electron chi connectivity index (χ2n) is 5.41. The molecule has 1 aliphatic heterocycles. The first-order valence-electron chi connectivity index (χ1n) is 6.46. The minimum absolute atomic E-state index is 0.0305. The highest BCUT2D eigenvalue weighted by molar-refractivity contribution is 5.76. The van der Waals surface area contributed by atoms with E-state index in [1.165, 1.54) is 11.1 Å². The Morgan fingerprint density at radius 1 is 1.39 bits per heavy atom. The Morgan fingerprint density at radius 3 is 2.89 bits per heavy atom. The van der Waals surface area contributed by atoms with Gasteiger partial charge in [-0.15, -0.1) is 0 Å². The molecule has 1 saturated heterocycles. The fourth-order valence-electron chi connectivity index (χ4n) is 3.34. The highest BCUT2D eigenvalue weighted by atomic mass is 16.5. The van der Waals surface area contributed by atoms with Gasteiger partial charge < -0.3 is 9.47 Å². The molecule has 0 bridgehead atoms. The molecule has 96 valence electrons. The van der Waals surface area contributed by atoms with Gasteiger partial charge in [0.15, 0.2) is 0 Å². The molecule has 3 atom stereocenters. The number of methoxy groups -OCH3 is 1. The molecule has 0 N–H and O–H groups in total. The monoisotopic (exact) mass is 246 g/mol. The van der Waals surface area contributed by atoms with Crippen LogP contribution in [0.3, 0.4) is 0 Å². The van der Waals surface area contributed by atoms with E-state index in [-0.39, 0.29) is 11.9 Å². The first-order valence-corrected chi connectivity index (χ1v) is 6.46. The fraction of sp³-hybridized carbons (Fsp3) is 0.533. The van der Waals surface area contributed by atoms with Crippen LogP contribution in [0.25, 0.3) is 0 Å². The van der Waals surface area contributed by atoms with Crippen LogP contribution in [-0.2, 0) is 16.0 Å². The largest absolute Gasteiger partial charge is 0.496 e. The van der Waals surface area contributed by atoms with Gasteiger partial charge in [-0.3, -0.25) is 4.79 Å². The lowest BCUT2D eigenvalue weighted by molar-refractivity contribution is -0.141. The maximum Gasteiger partial charge on any atom is 0.309 e. The summed E-state index contributed by atoms with van der Waals surface area (Å²) in [4.78, 5) is 11.7. The summed E-state index contributed by atoms with van der Waals surface area (Å²) in [6.45, 7) is 4.84. The van der Waals surface area contributed by atoms with E-state index in [2.05, 4.69) is 26.0 Å². The van der Waals surface area contributed by atoms with Crippen LogP contribution in [0.1, 0.15) is 29.5 Å². The van der Waals surface area contributed by atoms with E-state index in [4.69, 9.17) is 9.47 Å². The third-order valence-electron chi connectivity index (χ3n) is 4.47. The van der Waals surface area contributed by atoms with Gasteiger partial charge in [0.05, 0.1) is 19.6 Å². The lowest BCUT2D eigenvalue weighted by Gasteiger charge is -2.31. The summed E-state index contributed by atoms with van der Waals surface area (Å²) < 4.78 is 10.6. The highest BCUT2D eigenvalue weighted by Crippen LogP contribution is 2.44. The molecule has 2 aliphatic rings. The lowest BCUT2D eigenvalue weighted by Crippen LogP contribution is -2.29. The van der Waals surface area contributed by atoms with Crippen molar-refractivity contribution in [2.75, 3.05) is 13.7 Å². The molecule has 3 heteroatoms. The molecule has 0 saturated carbocycles. The molecule has 1 aromatic carbocycles. The van der Waals surface area contributed by atoms with E-state index in [9.17, 15) is 4.79 Å². The zero-order chi connectivity index (χ0) is 12.9. The third-order valence-corrected chi connectivity index (χ3v) is 4.47. The van der Waals surface area contributed by atoms with Crippen LogP contribution in [0.15, 0.2) is 12.1 Å². The molecule has 1 aliphatic carbocycles. The first-order chi connectivity index (χ1) is 8.61. The molecule has 3 nitrogen and oxygen atoms in total. The van der Waals surface area contributed by atoms with Gasteiger partial charge in [-0.1, -0.05) is 13.0 Å². The van der Waals surface area contributed by atoms with Crippen LogP contribution in [0.4, 0.5) is 0 Å². The summed E-state index contributed by atoms with van der Waals surface area (Å²) in [7, 11) is 1.69. The second-order valence-corrected chi connectivity index (χ2v) is 5.41. The Kier molecular flexibility index (Phi) is 2.58. The summed E-state index contributed by atoms with van der Waals surface area (Å²) in [5, 5.41) is 0. The molecule has 0 aromatic heterocycles. The molecule has 0 spiro atoms. The fourth-order valence-corrected chi connectivity index (χ4v) is 3.34. The number of esters is 1. The average molecular weight is 246 g/mol. The van der Waals surface area contributed by atoms with Crippen molar-refractivity contribution in [1.82, 2.24) is 0 Å². The standard InChI is InChI=1S/C15H18O3/c1-8-4-11-9(2)13-7-18-15(16)12(13)5-10(11)6-14(8)17-3/h4,6,9,12-13H,5,7H2,1-3H3/t9-,12+,13+/m0/s1. The molecule has 0 radical (unpaired) electrons. The molecular weight excluding hydrogens is 228 g/mol. The van der Waals surface area contributed by atoms with Crippen molar-refractivity contribution in [2.45, 2.75) is 26.2 Å². The van der Waals surface area contributed by atoms with Gasteiger partial charge in [0.25, 0.3) is 0 Å². The number of carbonyl (C=O) groups is 1. The predicted octanol–water partition coefficient (Wildman–Crippen LogP) is 2.45. The first kappa shape index (κ1) is 11.6. The quantitative estimate of drug-likeness (QED) is 0.714. The smallest absolute Gasteiger partial charge is 0.309 e. The molecule has 18 heavy (non-hydrogen) atoms. The number of hydrogen-bond acceptors (Lipinski definition) is 3. The predicted molar refractivity (Wildman–Crippen MR) is 67.8 cm³/mol. The van der Waals surface area contributed by atoms with Gasteiger partial charge in [0, 0.05) is 5.92 Å². The van der Waals surface area contributed by atoms with Crippen molar-refractivity contribution < 1.29 is 14.3 Å². The van der Waals surface area contributed by atoms with Gasteiger partial charge in [-0.2, -0.15) is 0 Å². The number of cyclic esters (lactones) is 1. The Hall–Kier alpha value is -1.51.